The highest BCUT2D eigenvalue weighted by molar-refractivity contribution is 5.96. The molecule has 2 aliphatic rings. The lowest BCUT2D eigenvalue weighted by atomic mass is 9.81. The fourth-order valence-corrected chi connectivity index (χ4v) is 4.78. The Morgan fingerprint density at radius 2 is 2.04 bits per heavy atom. The van der Waals surface area contributed by atoms with Gasteiger partial charge in [-0.05, 0) is 49.4 Å². The monoisotopic (exact) mass is 379 g/mol. The Morgan fingerprint density at radius 3 is 2.79 bits per heavy atom. The molecule has 1 amide bonds. The number of carboxylic acid groups (broad SMARTS) is 1. The van der Waals surface area contributed by atoms with E-state index >= 15 is 0 Å². The summed E-state index contributed by atoms with van der Waals surface area (Å²) >= 11 is 0. The van der Waals surface area contributed by atoms with E-state index in [1.807, 2.05) is 49.4 Å². The largest absolute Gasteiger partial charge is 0.493 e. The predicted molar refractivity (Wildman–Crippen MR) is 106 cm³/mol. The number of amides is 1. The number of likely N-dealkylation sites (tertiary alicyclic amines) is 1. The smallest absolute Gasteiger partial charge is 0.311 e. The zero-order valence-electron chi connectivity index (χ0n) is 16.1. The molecular formula is C23H25NO4. The first kappa shape index (κ1) is 18.5. The first-order valence-corrected chi connectivity index (χ1v) is 9.90. The van der Waals surface area contributed by atoms with Gasteiger partial charge in [-0.15, -0.1) is 0 Å². The maximum absolute atomic E-state index is 13.1. The summed E-state index contributed by atoms with van der Waals surface area (Å²) in [5.74, 6) is 0.00130. The van der Waals surface area contributed by atoms with Crippen LogP contribution in [0, 0.1) is 11.3 Å². The fraction of sp³-hybridized carbons (Fsp3) is 0.391. The van der Waals surface area contributed by atoms with Gasteiger partial charge < -0.3 is 14.7 Å². The number of para-hydroxylation sites is 1. The van der Waals surface area contributed by atoms with Crippen molar-refractivity contribution in [1.29, 1.82) is 0 Å². The molecule has 1 saturated heterocycles. The Morgan fingerprint density at radius 1 is 1.21 bits per heavy atom. The van der Waals surface area contributed by atoms with Crippen LogP contribution >= 0.6 is 0 Å². The minimum Gasteiger partial charge on any atom is -0.493 e. The molecule has 2 fully saturated rings. The van der Waals surface area contributed by atoms with Gasteiger partial charge in [0.05, 0.1) is 12.0 Å². The van der Waals surface area contributed by atoms with Crippen LogP contribution in [0.3, 0.4) is 0 Å². The molecule has 2 atom stereocenters. The lowest BCUT2D eigenvalue weighted by Gasteiger charge is -2.23. The van der Waals surface area contributed by atoms with Crippen molar-refractivity contribution in [2.45, 2.75) is 26.2 Å². The zero-order chi connectivity index (χ0) is 19.7. The van der Waals surface area contributed by atoms with Crippen molar-refractivity contribution in [2.75, 3.05) is 19.7 Å². The van der Waals surface area contributed by atoms with Crippen LogP contribution in [0.25, 0.3) is 11.1 Å². The number of aliphatic carboxylic acids is 1. The molecule has 1 saturated carbocycles. The summed E-state index contributed by atoms with van der Waals surface area (Å²) in [6, 6.07) is 15.3. The van der Waals surface area contributed by atoms with Gasteiger partial charge in [0.25, 0.3) is 5.91 Å². The number of rotatable bonds is 5. The van der Waals surface area contributed by atoms with Crippen LogP contribution in [0.4, 0.5) is 0 Å². The highest BCUT2D eigenvalue weighted by Gasteiger charge is 2.55. The summed E-state index contributed by atoms with van der Waals surface area (Å²) in [4.78, 5) is 26.8. The highest BCUT2D eigenvalue weighted by Crippen LogP contribution is 2.49. The van der Waals surface area contributed by atoms with Crippen LogP contribution in [0.1, 0.15) is 36.5 Å². The summed E-state index contributed by atoms with van der Waals surface area (Å²) in [6.45, 7) is 3.36. The summed E-state index contributed by atoms with van der Waals surface area (Å²) in [5, 5.41) is 9.77. The third-order valence-corrected chi connectivity index (χ3v) is 6.19. The van der Waals surface area contributed by atoms with Gasteiger partial charge in [-0.25, -0.2) is 0 Å². The van der Waals surface area contributed by atoms with Gasteiger partial charge in [-0.1, -0.05) is 36.8 Å². The Labute approximate surface area is 164 Å². The van der Waals surface area contributed by atoms with Crippen LogP contribution in [0.2, 0.25) is 0 Å². The van der Waals surface area contributed by atoms with Gasteiger partial charge in [0.1, 0.15) is 5.75 Å². The van der Waals surface area contributed by atoms with E-state index in [1.54, 1.807) is 11.0 Å². The van der Waals surface area contributed by atoms with E-state index in [0.717, 1.165) is 29.7 Å². The van der Waals surface area contributed by atoms with Gasteiger partial charge in [-0.3, -0.25) is 9.59 Å². The molecule has 1 aliphatic carbocycles. The molecule has 4 rings (SSSR count). The molecule has 0 unspecified atom stereocenters. The molecule has 0 radical (unpaired) electrons. The van der Waals surface area contributed by atoms with Crippen LogP contribution in [-0.4, -0.2) is 41.6 Å². The molecule has 1 aliphatic heterocycles. The van der Waals surface area contributed by atoms with Gasteiger partial charge >= 0.3 is 5.97 Å². The Hall–Kier alpha value is -2.82. The number of nitrogens with zero attached hydrogens (tertiary/aromatic N) is 1. The van der Waals surface area contributed by atoms with Gasteiger partial charge in [0, 0.05) is 24.2 Å². The molecule has 2 aromatic carbocycles. The molecule has 5 nitrogen and oxygen atoms in total. The van der Waals surface area contributed by atoms with Crippen LogP contribution in [0.15, 0.2) is 48.5 Å². The molecule has 146 valence electrons. The number of carboxylic acids is 1. The average Bonchev–Trinajstić information content (AvgIpc) is 3.27. The van der Waals surface area contributed by atoms with E-state index < -0.39 is 11.4 Å². The first-order chi connectivity index (χ1) is 13.5. The van der Waals surface area contributed by atoms with E-state index in [4.69, 9.17) is 4.74 Å². The van der Waals surface area contributed by atoms with Gasteiger partial charge in [-0.2, -0.15) is 0 Å². The van der Waals surface area contributed by atoms with Crippen molar-refractivity contribution in [1.82, 2.24) is 4.90 Å². The lowest BCUT2D eigenvalue weighted by Crippen LogP contribution is -2.37. The second-order valence-corrected chi connectivity index (χ2v) is 7.75. The van der Waals surface area contributed by atoms with E-state index in [9.17, 15) is 14.7 Å². The predicted octanol–water partition coefficient (Wildman–Crippen LogP) is 4.08. The summed E-state index contributed by atoms with van der Waals surface area (Å²) in [6.07, 6.45) is 2.49. The molecule has 0 bridgehead atoms. The SMILES string of the molecule is CCOc1ccccc1-c1cccc(C(=O)N2C[C@@H]3CCC[C@@]3(C(=O)O)C2)c1. The number of ether oxygens (including phenoxy) is 1. The number of carbonyl (C=O) groups excluding carboxylic acids is 1. The molecule has 28 heavy (non-hydrogen) atoms. The molecule has 2 aromatic rings. The molecule has 0 aromatic heterocycles. The zero-order valence-corrected chi connectivity index (χ0v) is 16.1. The number of benzene rings is 2. The molecule has 1 N–H and O–H groups in total. The van der Waals surface area contributed by atoms with Crippen molar-refractivity contribution in [3.05, 3.63) is 54.1 Å². The maximum atomic E-state index is 13.1. The van der Waals surface area contributed by atoms with Crippen LogP contribution < -0.4 is 4.74 Å². The van der Waals surface area contributed by atoms with E-state index in [2.05, 4.69) is 0 Å². The molecular weight excluding hydrogens is 354 g/mol. The number of carbonyl (C=O) groups is 2. The average molecular weight is 379 g/mol. The summed E-state index contributed by atoms with van der Waals surface area (Å²) < 4.78 is 5.72. The van der Waals surface area contributed by atoms with Crippen LogP contribution in [0.5, 0.6) is 5.75 Å². The molecule has 5 heteroatoms. The third-order valence-electron chi connectivity index (χ3n) is 6.19. The Kier molecular flexibility index (Phi) is 4.84. The summed E-state index contributed by atoms with van der Waals surface area (Å²) in [7, 11) is 0. The van der Waals surface area contributed by atoms with Crippen molar-refractivity contribution in [2.24, 2.45) is 11.3 Å². The fourth-order valence-electron chi connectivity index (χ4n) is 4.78. The molecule has 1 heterocycles. The van der Waals surface area contributed by atoms with Crippen molar-refractivity contribution in [3.8, 4) is 16.9 Å². The Balaban J connectivity index is 1.61. The number of hydrogen-bond donors (Lipinski definition) is 1. The topological polar surface area (TPSA) is 66.8 Å². The number of fused-ring (bicyclic) bond motifs is 1. The van der Waals surface area contributed by atoms with Gasteiger partial charge in [0.2, 0.25) is 0 Å². The van der Waals surface area contributed by atoms with E-state index in [-0.39, 0.29) is 11.8 Å². The minimum absolute atomic E-state index is 0.0656. The second-order valence-electron chi connectivity index (χ2n) is 7.75. The second kappa shape index (κ2) is 7.30. The summed E-state index contributed by atoms with van der Waals surface area (Å²) in [5.41, 5.74) is 1.69. The van der Waals surface area contributed by atoms with E-state index in [1.165, 1.54) is 0 Å². The minimum atomic E-state index is -0.760. The highest BCUT2D eigenvalue weighted by atomic mass is 16.5. The number of hydrogen-bond acceptors (Lipinski definition) is 3. The van der Waals surface area contributed by atoms with Gasteiger partial charge in [0.15, 0.2) is 0 Å². The van der Waals surface area contributed by atoms with Crippen molar-refractivity contribution in [3.63, 3.8) is 0 Å². The lowest BCUT2D eigenvalue weighted by molar-refractivity contribution is -0.149. The Bertz CT molecular complexity index is 909. The van der Waals surface area contributed by atoms with E-state index in [0.29, 0.717) is 31.7 Å². The maximum Gasteiger partial charge on any atom is 0.311 e. The normalized spacial score (nSPS) is 23.5. The third kappa shape index (κ3) is 3.05. The molecule has 0 spiro atoms. The standard InChI is InChI=1S/C23H25NO4/c1-2-28-20-11-4-3-10-19(20)16-7-5-8-17(13-16)21(25)24-14-18-9-6-12-23(18,15-24)22(26)27/h3-5,7-8,10-11,13,18H,2,6,9,12,14-15H2,1H3,(H,26,27)/t18-,23+/m0/s1. The quantitative estimate of drug-likeness (QED) is 0.850. The first-order valence-electron chi connectivity index (χ1n) is 9.90. The van der Waals surface area contributed by atoms with Crippen molar-refractivity contribution >= 4 is 11.9 Å². The van der Waals surface area contributed by atoms with Crippen molar-refractivity contribution < 1.29 is 19.4 Å². The van der Waals surface area contributed by atoms with Crippen LogP contribution in [-0.2, 0) is 4.79 Å².